The molecule has 2 aromatic carbocycles. The van der Waals surface area contributed by atoms with Gasteiger partial charge in [-0.15, -0.1) is 0 Å². The van der Waals surface area contributed by atoms with Crippen LogP contribution in [-0.2, 0) is 13.1 Å². The number of nitro groups is 1. The average Bonchev–Trinajstić information content (AvgIpc) is 3.28. The number of ether oxygens (including phenoxy) is 2. The van der Waals surface area contributed by atoms with Crippen molar-refractivity contribution in [1.29, 1.82) is 0 Å². The molecule has 160 valence electrons. The fourth-order valence-electron chi connectivity index (χ4n) is 3.49. The lowest BCUT2D eigenvalue weighted by atomic mass is 10.1. The predicted molar refractivity (Wildman–Crippen MR) is 116 cm³/mol. The molecule has 2 N–H and O–H groups in total. The van der Waals surface area contributed by atoms with Crippen molar-refractivity contribution in [2.24, 2.45) is 4.99 Å². The molecule has 3 rings (SSSR count). The largest absolute Gasteiger partial charge is 0.493 e. The van der Waals surface area contributed by atoms with Crippen LogP contribution in [0.25, 0.3) is 0 Å². The van der Waals surface area contributed by atoms with Gasteiger partial charge in [-0.05, 0) is 37.3 Å². The maximum Gasteiger partial charge on any atom is 0.269 e. The van der Waals surface area contributed by atoms with Crippen LogP contribution in [0.3, 0.4) is 0 Å². The third-order valence-corrected chi connectivity index (χ3v) is 5.14. The molecule has 0 amide bonds. The van der Waals surface area contributed by atoms with E-state index in [9.17, 15) is 10.1 Å². The molecule has 0 aromatic heterocycles. The lowest BCUT2D eigenvalue weighted by Crippen LogP contribution is -2.36. The second kappa shape index (κ2) is 10.5. The minimum atomic E-state index is -0.406. The summed E-state index contributed by atoms with van der Waals surface area (Å²) in [5.74, 6) is 2.14. The van der Waals surface area contributed by atoms with Crippen molar-refractivity contribution < 1.29 is 14.4 Å². The van der Waals surface area contributed by atoms with Crippen molar-refractivity contribution in [2.45, 2.75) is 44.9 Å². The first-order valence-electron chi connectivity index (χ1n) is 10.1. The number of hydrogen-bond acceptors (Lipinski definition) is 5. The van der Waals surface area contributed by atoms with E-state index in [2.05, 4.69) is 15.6 Å². The van der Waals surface area contributed by atoms with Gasteiger partial charge in [0.25, 0.3) is 5.69 Å². The molecule has 0 saturated heterocycles. The zero-order chi connectivity index (χ0) is 21.3. The summed E-state index contributed by atoms with van der Waals surface area (Å²) in [4.78, 5) is 14.6. The summed E-state index contributed by atoms with van der Waals surface area (Å²) in [6.45, 7) is 1.03. The molecule has 1 saturated carbocycles. The smallest absolute Gasteiger partial charge is 0.269 e. The Morgan fingerprint density at radius 2 is 1.83 bits per heavy atom. The van der Waals surface area contributed by atoms with Crippen LogP contribution >= 0.6 is 0 Å². The summed E-state index contributed by atoms with van der Waals surface area (Å²) in [5, 5.41) is 17.3. The summed E-state index contributed by atoms with van der Waals surface area (Å²) in [5.41, 5.74) is 2.00. The summed E-state index contributed by atoms with van der Waals surface area (Å²) in [6.07, 6.45) is 4.78. The van der Waals surface area contributed by atoms with E-state index in [-0.39, 0.29) is 11.8 Å². The number of nitro benzene ring substituents is 1. The fraction of sp³-hybridized carbons (Fsp3) is 0.409. The molecule has 1 aliphatic carbocycles. The number of para-hydroxylation sites is 1. The number of aliphatic imine (C=N–C) groups is 1. The molecule has 0 aliphatic heterocycles. The predicted octanol–water partition coefficient (Wildman–Crippen LogP) is 3.79. The number of methoxy groups -OCH3 is 1. The Hall–Kier alpha value is -3.29. The van der Waals surface area contributed by atoms with Gasteiger partial charge < -0.3 is 20.1 Å². The van der Waals surface area contributed by atoms with E-state index in [1.54, 1.807) is 26.3 Å². The highest BCUT2D eigenvalue weighted by Crippen LogP contribution is 2.34. The van der Waals surface area contributed by atoms with Gasteiger partial charge in [-0.25, -0.2) is 0 Å². The first-order chi connectivity index (χ1) is 14.6. The molecule has 0 radical (unpaired) electrons. The van der Waals surface area contributed by atoms with Crippen molar-refractivity contribution in [1.82, 2.24) is 10.6 Å². The average molecular weight is 412 g/mol. The molecule has 0 unspecified atom stereocenters. The summed E-state index contributed by atoms with van der Waals surface area (Å²) < 4.78 is 11.8. The summed E-state index contributed by atoms with van der Waals surface area (Å²) in [6, 6.07) is 12.3. The van der Waals surface area contributed by atoms with Gasteiger partial charge in [0, 0.05) is 37.8 Å². The van der Waals surface area contributed by atoms with Crippen LogP contribution in [0.15, 0.2) is 47.5 Å². The fourth-order valence-corrected chi connectivity index (χ4v) is 3.49. The number of non-ortho nitro benzene ring substituents is 1. The van der Waals surface area contributed by atoms with E-state index in [1.807, 2.05) is 18.2 Å². The van der Waals surface area contributed by atoms with Crippen LogP contribution in [0, 0.1) is 10.1 Å². The normalized spacial score (nSPS) is 14.4. The van der Waals surface area contributed by atoms with Crippen LogP contribution in [-0.4, -0.2) is 31.1 Å². The van der Waals surface area contributed by atoms with E-state index in [1.165, 1.54) is 25.0 Å². The first-order valence-corrected chi connectivity index (χ1v) is 10.1. The van der Waals surface area contributed by atoms with Crippen molar-refractivity contribution >= 4 is 11.6 Å². The van der Waals surface area contributed by atoms with Crippen LogP contribution < -0.4 is 20.1 Å². The molecule has 8 nitrogen and oxygen atoms in total. The Morgan fingerprint density at radius 3 is 2.47 bits per heavy atom. The maximum atomic E-state index is 10.8. The molecule has 1 aliphatic rings. The molecule has 0 heterocycles. The van der Waals surface area contributed by atoms with Crippen molar-refractivity contribution in [3.63, 3.8) is 0 Å². The van der Waals surface area contributed by atoms with Crippen LogP contribution in [0.2, 0.25) is 0 Å². The Bertz CT molecular complexity index is 877. The number of nitrogens with zero attached hydrogens (tertiary/aromatic N) is 2. The molecule has 0 spiro atoms. The number of guanidine groups is 1. The van der Waals surface area contributed by atoms with Crippen molar-refractivity contribution in [2.75, 3.05) is 14.2 Å². The Morgan fingerprint density at radius 1 is 1.13 bits per heavy atom. The van der Waals surface area contributed by atoms with Gasteiger partial charge in [0.05, 0.1) is 18.1 Å². The monoisotopic (exact) mass is 412 g/mol. The van der Waals surface area contributed by atoms with E-state index in [0.717, 1.165) is 35.5 Å². The number of rotatable bonds is 8. The minimum absolute atomic E-state index is 0.0778. The third kappa shape index (κ3) is 5.62. The SMILES string of the molecule is CN=C(NCc1ccc([N+](=O)[O-])cc1)NCc1cccc(OC)c1OC1CCCC1. The number of benzene rings is 2. The van der Waals surface area contributed by atoms with Gasteiger partial charge >= 0.3 is 0 Å². The van der Waals surface area contributed by atoms with Crippen molar-refractivity contribution in [3.05, 3.63) is 63.7 Å². The van der Waals surface area contributed by atoms with Gasteiger partial charge in [-0.1, -0.05) is 24.3 Å². The summed E-state index contributed by atoms with van der Waals surface area (Å²) in [7, 11) is 3.35. The first kappa shape index (κ1) is 21.4. The topological polar surface area (TPSA) is 98.0 Å². The number of nitrogens with one attached hydrogen (secondary N) is 2. The zero-order valence-electron chi connectivity index (χ0n) is 17.4. The highest BCUT2D eigenvalue weighted by atomic mass is 16.6. The van der Waals surface area contributed by atoms with Gasteiger partial charge in [0.1, 0.15) is 0 Å². The highest BCUT2D eigenvalue weighted by molar-refractivity contribution is 5.79. The Balaban J connectivity index is 1.60. The van der Waals surface area contributed by atoms with E-state index >= 15 is 0 Å². The van der Waals surface area contributed by atoms with Crippen molar-refractivity contribution in [3.8, 4) is 11.5 Å². The molecule has 30 heavy (non-hydrogen) atoms. The van der Waals surface area contributed by atoms with Crippen LogP contribution in [0.5, 0.6) is 11.5 Å². The minimum Gasteiger partial charge on any atom is -0.493 e. The molecule has 0 bridgehead atoms. The molecule has 1 fully saturated rings. The van der Waals surface area contributed by atoms with E-state index in [4.69, 9.17) is 9.47 Å². The second-order valence-corrected chi connectivity index (χ2v) is 7.18. The molecule has 0 atom stereocenters. The summed E-state index contributed by atoms with van der Waals surface area (Å²) >= 11 is 0. The molecule has 8 heteroatoms. The number of hydrogen-bond donors (Lipinski definition) is 2. The third-order valence-electron chi connectivity index (χ3n) is 5.14. The highest BCUT2D eigenvalue weighted by Gasteiger charge is 2.20. The Kier molecular flexibility index (Phi) is 7.48. The molecular weight excluding hydrogens is 384 g/mol. The molecular formula is C22H28N4O4. The van der Waals surface area contributed by atoms with Gasteiger partial charge in [0.15, 0.2) is 17.5 Å². The maximum absolute atomic E-state index is 10.8. The molecule has 2 aromatic rings. The van der Waals surface area contributed by atoms with Crippen LogP contribution in [0.4, 0.5) is 5.69 Å². The lowest BCUT2D eigenvalue weighted by Gasteiger charge is -2.20. The van der Waals surface area contributed by atoms with Gasteiger partial charge in [-0.3, -0.25) is 15.1 Å². The lowest BCUT2D eigenvalue weighted by molar-refractivity contribution is -0.384. The van der Waals surface area contributed by atoms with Gasteiger partial charge in [-0.2, -0.15) is 0 Å². The quantitative estimate of drug-likeness (QED) is 0.296. The standard InChI is InChI=1S/C22H28N4O4/c1-23-22(24-14-16-10-12-18(13-11-16)26(27)28)25-15-17-6-5-9-20(29-2)21(17)30-19-7-3-4-8-19/h5-6,9-13,19H,3-4,7-8,14-15H2,1-2H3,(H2,23,24,25). The Labute approximate surface area is 176 Å². The second-order valence-electron chi connectivity index (χ2n) is 7.18. The van der Waals surface area contributed by atoms with E-state index in [0.29, 0.717) is 19.0 Å². The van der Waals surface area contributed by atoms with Crippen LogP contribution in [0.1, 0.15) is 36.8 Å². The van der Waals surface area contributed by atoms with E-state index < -0.39 is 4.92 Å². The van der Waals surface area contributed by atoms with Gasteiger partial charge in [0.2, 0.25) is 0 Å². The zero-order valence-corrected chi connectivity index (χ0v) is 17.4.